The maximum absolute atomic E-state index is 13.0. The van der Waals surface area contributed by atoms with E-state index in [4.69, 9.17) is 13.9 Å². The Balaban J connectivity index is 6.00. The Bertz CT molecular complexity index is 595. The molecule has 0 aromatic carbocycles. The summed E-state index contributed by atoms with van der Waals surface area (Å²) in [4.78, 5) is 0. The second-order valence-electron chi connectivity index (χ2n) is 11.1. The third kappa shape index (κ3) is 10.7. The normalized spacial score (nSPS) is 17.8. The van der Waals surface area contributed by atoms with E-state index in [9.17, 15) is 4.21 Å². The fourth-order valence-electron chi connectivity index (χ4n) is 2.08. The lowest BCUT2D eigenvalue weighted by molar-refractivity contribution is -0.0707. The molecule has 0 rings (SSSR count). The van der Waals surface area contributed by atoms with Crippen LogP contribution >= 0.6 is 0 Å². The monoisotopic (exact) mass is 463 g/mol. The van der Waals surface area contributed by atoms with Crippen LogP contribution in [0.1, 0.15) is 48.5 Å². The lowest BCUT2D eigenvalue weighted by Crippen LogP contribution is -2.56. The Morgan fingerprint density at radius 2 is 1.55 bits per heavy atom. The van der Waals surface area contributed by atoms with Gasteiger partial charge in [0.05, 0.1) is 27.9 Å². The summed E-state index contributed by atoms with van der Waals surface area (Å²) in [6, 6.07) is -0.344. The average Bonchev–Trinajstić information content (AvgIpc) is 2.49. The van der Waals surface area contributed by atoms with Gasteiger partial charge >= 0.3 is 0 Å². The van der Waals surface area contributed by atoms with Crippen LogP contribution in [0.2, 0.25) is 37.8 Å². The van der Waals surface area contributed by atoms with Crippen molar-refractivity contribution in [1.82, 2.24) is 4.72 Å². The molecule has 8 heteroatoms. The minimum atomic E-state index is -2.03. The fourth-order valence-corrected chi connectivity index (χ4v) is 5.00. The van der Waals surface area contributed by atoms with Crippen molar-refractivity contribution in [2.45, 2.75) is 109 Å². The first kappa shape index (κ1) is 29.0. The molecule has 0 aromatic rings. The zero-order valence-corrected chi connectivity index (χ0v) is 23.8. The van der Waals surface area contributed by atoms with Gasteiger partial charge in [0.15, 0.2) is 8.32 Å². The quantitative estimate of drug-likeness (QED) is 0.306. The molecule has 1 N–H and O–H groups in total. The molecule has 0 aliphatic rings. The largest absolute Gasteiger partial charge is 0.412 e. The number of hydrogen-bond acceptors (Lipinski definition) is 4. The highest BCUT2D eigenvalue weighted by Crippen LogP contribution is 2.37. The van der Waals surface area contributed by atoms with Crippen molar-refractivity contribution in [2.75, 3.05) is 13.9 Å². The lowest BCUT2D eigenvalue weighted by atomic mass is 10.1. The first-order valence-corrected chi connectivity index (χ1v) is 17.9. The molecule has 0 saturated carbocycles. The Kier molecular flexibility index (Phi) is 11.0. The van der Waals surface area contributed by atoms with Gasteiger partial charge in [-0.05, 0) is 45.8 Å². The molecule has 0 fully saturated rings. The maximum Gasteiger partial charge on any atom is 0.192 e. The standard InChI is InChI=1S/C21H45NO4SSi2/c1-17(26-29(12,13)21(5,6)7)19(22-27(23)20(2,3)4)18(25-16-24-8)14-15-28(9,10)11/h17-19,22H,16H2,1-13H3/t17-,18+,19-,27?/m0/s1. The third-order valence-electron chi connectivity index (χ3n) is 4.87. The van der Waals surface area contributed by atoms with Crippen molar-refractivity contribution >= 4 is 27.4 Å². The highest BCUT2D eigenvalue weighted by molar-refractivity contribution is 7.84. The summed E-state index contributed by atoms with van der Waals surface area (Å²) in [5.41, 5.74) is 3.40. The highest BCUT2D eigenvalue weighted by Gasteiger charge is 2.42. The van der Waals surface area contributed by atoms with E-state index in [-0.39, 0.29) is 24.0 Å². The molecule has 0 aromatic heterocycles. The minimum absolute atomic E-state index is 0.0713. The Morgan fingerprint density at radius 3 is 1.93 bits per heavy atom. The second kappa shape index (κ2) is 11.0. The van der Waals surface area contributed by atoms with Gasteiger partial charge in [-0.2, -0.15) is 0 Å². The van der Waals surface area contributed by atoms with Crippen molar-refractivity contribution in [1.29, 1.82) is 0 Å². The summed E-state index contributed by atoms with van der Waals surface area (Å²) in [6.07, 6.45) is -0.701. The van der Waals surface area contributed by atoms with Crippen LogP contribution in [-0.4, -0.2) is 57.5 Å². The van der Waals surface area contributed by atoms with Gasteiger partial charge in [0.2, 0.25) is 0 Å². The Morgan fingerprint density at radius 1 is 1.03 bits per heavy atom. The summed E-state index contributed by atoms with van der Waals surface area (Å²) in [7, 11) is -3.33. The predicted molar refractivity (Wildman–Crippen MR) is 130 cm³/mol. The van der Waals surface area contributed by atoms with Crippen LogP contribution in [0.25, 0.3) is 0 Å². The van der Waals surface area contributed by atoms with Crippen LogP contribution in [0.3, 0.4) is 0 Å². The molecule has 172 valence electrons. The van der Waals surface area contributed by atoms with Gasteiger partial charge in [0.25, 0.3) is 0 Å². The van der Waals surface area contributed by atoms with Gasteiger partial charge < -0.3 is 13.9 Å². The average molecular weight is 464 g/mol. The molecule has 0 amide bonds. The summed E-state index contributed by atoms with van der Waals surface area (Å²) in [5, 5.41) is 0.0713. The molecular formula is C21H45NO4SSi2. The molecule has 0 saturated heterocycles. The van der Waals surface area contributed by atoms with Crippen LogP contribution in [0.15, 0.2) is 0 Å². The van der Waals surface area contributed by atoms with Gasteiger partial charge in [-0.3, -0.25) is 0 Å². The van der Waals surface area contributed by atoms with E-state index >= 15 is 0 Å². The molecule has 0 bridgehead atoms. The number of methoxy groups -OCH3 is 1. The second-order valence-corrected chi connectivity index (χ2v) is 22.6. The molecule has 0 radical (unpaired) electrons. The van der Waals surface area contributed by atoms with Crippen molar-refractivity contribution in [3.63, 3.8) is 0 Å². The van der Waals surface area contributed by atoms with Crippen LogP contribution in [-0.2, 0) is 24.9 Å². The molecule has 0 aliphatic carbocycles. The van der Waals surface area contributed by atoms with Crippen molar-refractivity contribution in [2.24, 2.45) is 0 Å². The minimum Gasteiger partial charge on any atom is -0.412 e. The first-order chi connectivity index (χ1) is 12.8. The summed E-state index contributed by atoms with van der Waals surface area (Å²) >= 11 is 0. The fraction of sp³-hybridized carbons (Fsp3) is 0.905. The molecule has 4 atom stereocenters. The van der Waals surface area contributed by atoms with Crippen LogP contribution in [0, 0.1) is 11.5 Å². The molecule has 0 spiro atoms. The van der Waals surface area contributed by atoms with E-state index in [1.165, 1.54) is 0 Å². The predicted octanol–water partition coefficient (Wildman–Crippen LogP) is 4.69. The maximum atomic E-state index is 13.0. The summed E-state index contributed by atoms with van der Waals surface area (Å²) < 4.78 is 33.6. The first-order valence-electron chi connectivity index (χ1n) is 10.3. The van der Waals surface area contributed by atoms with Crippen molar-refractivity contribution < 1.29 is 18.1 Å². The third-order valence-corrected chi connectivity index (χ3v) is 11.9. The summed E-state index contributed by atoms with van der Waals surface area (Å²) in [6.45, 7) is 25.7. The van der Waals surface area contributed by atoms with Gasteiger partial charge in [0, 0.05) is 7.11 Å². The number of rotatable bonds is 9. The Labute approximate surface area is 184 Å². The number of ether oxygens (including phenoxy) is 2. The van der Waals surface area contributed by atoms with Crippen molar-refractivity contribution in [3.05, 3.63) is 0 Å². The van der Waals surface area contributed by atoms with E-state index in [0.29, 0.717) is 0 Å². The number of nitrogens with one attached hydrogen (secondary N) is 1. The smallest absolute Gasteiger partial charge is 0.192 e. The van der Waals surface area contributed by atoms with Gasteiger partial charge in [-0.25, -0.2) is 8.93 Å². The van der Waals surface area contributed by atoms with Gasteiger partial charge in [-0.1, -0.05) is 46.3 Å². The highest BCUT2D eigenvalue weighted by atomic mass is 32.2. The SMILES string of the molecule is COCO[C@H](C#C[Si](C)(C)C)[C@@H](NS(=O)C(C)(C)C)[C@H](C)O[Si](C)(C)C(C)(C)C. The van der Waals surface area contributed by atoms with E-state index in [1.807, 2.05) is 27.7 Å². The lowest BCUT2D eigenvalue weighted by Gasteiger charge is -2.41. The van der Waals surface area contributed by atoms with Crippen LogP contribution in [0.4, 0.5) is 0 Å². The zero-order valence-electron chi connectivity index (χ0n) is 21.0. The van der Waals surface area contributed by atoms with Gasteiger partial charge in [0.1, 0.15) is 21.0 Å². The van der Waals surface area contributed by atoms with Crippen molar-refractivity contribution in [3.8, 4) is 11.5 Å². The van der Waals surface area contributed by atoms with E-state index in [1.54, 1.807) is 7.11 Å². The molecule has 1 unspecified atom stereocenters. The summed E-state index contributed by atoms with van der Waals surface area (Å²) in [5.74, 6) is 3.30. The molecule has 29 heavy (non-hydrogen) atoms. The van der Waals surface area contributed by atoms with Gasteiger partial charge in [-0.15, -0.1) is 5.54 Å². The van der Waals surface area contributed by atoms with E-state index < -0.39 is 38.2 Å². The number of hydrogen-bond donors (Lipinski definition) is 1. The topological polar surface area (TPSA) is 56.8 Å². The van der Waals surface area contributed by atoms with E-state index in [0.717, 1.165) is 0 Å². The van der Waals surface area contributed by atoms with Crippen LogP contribution in [0.5, 0.6) is 0 Å². The van der Waals surface area contributed by atoms with E-state index in [2.05, 4.69) is 69.7 Å². The Hall–Kier alpha value is -0.0162. The van der Waals surface area contributed by atoms with Crippen LogP contribution < -0.4 is 4.72 Å². The molecule has 0 aliphatic heterocycles. The molecular weight excluding hydrogens is 418 g/mol. The molecule has 5 nitrogen and oxygen atoms in total. The zero-order chi connectivity index (χ0) is 23.3. The molecule has 0 heterocycles.